The van der Waals surface area contributed by atoms with E-state index in [1.165, 1.54) is 11.1 Å². The van der Waals surface area contributed by atoms with Crippen molar-refractivity contribution in [1.82, 2.24) is 10.2 Å². The van der Waals surface area contributed by atoms with Gasteiger partial charge in [0, 0.05) is 19.5 Å². The van der Waals surface area contributed by atoms with Gasteiger partial charge in [0.25, 0.3) is 5.91 Å². The van der Waals surface area contributed by atoms with Crippen molar-refractivity contribution in [2.75, 3.05) is 6.54 Å². The highest BCUT2D eigenvalue weighted by Gasteiger charge is 2.32. The molecule has 2 aromatic rings. The minimum atomic E-state index is -0.506. The molecule has 1 aliphatic heterocycles. The number of rotatable bonds is 6. The molecule has 0 saturated heterocycles. The Balaban J connectivity index is 1.66. The second-order valence-corrected chi connectivity index (χ2v) is 8.44. The highest BCUT2D eigenvalue weighted by atomic mass is 16.5. The molecule has 1 saturated carbocycles. The third-order valence-corrected chi connectivity index (χ3v) is 5.97. The maximum Gasteiger partial charge on any atom is 0.261 e. The standard InChI is InChI=1S/C25H30N2O3/c1-4-23(25(29)26-20-9-10-20)30-21-11-8-18-12-13-27(17(3)28)24(22(18)15-21)19-7-5-6-16(2)14-19/h5-8,11,14-15,20,23-24H,4,9-10,12-13H2,1-3H3,(H,26,29). The van der Waals surface area contributed by atoms with Crippen LogP contribution in [0.25, 0.3) is 0 Å². The lowest BCUT2D eigenvalue weighted by molar-refractivity contribution is -0.131. The summed E-state index contributed by atoms with van der Waals surface area (Å²) in [6, 6.07) is 14.5. The minimum Gasteiger partial charge on any atom is -0.481 e. The lowest BCUT2D eigenvalue weighted by Crippen LogP contribution is -2.40. The Kier molecular flexibility index (Phi) is 5.80. The summed E-state index contributed by atoms with van der Waals surface area (Å²) in [5, 5.41) is 3.03. The number of ether oxygens (including phenoxy) is 1. The van der Waals surface area contributed by atoms with Crippen LogP contribution in [0.3, 0.4) is 0 Å². The Hall–Kier alpha value is -2.82. The Morgan fingerprint density at radius 1 is 1.20 bits per heavy atom. The van der Waals surface area contributed by atoms with Crippen LogP contribution < -0.4 is 10.1 Å². The Labute approximate surface area is 178 Å². The summed E-state index contributed by atoms with van der Waals surface area (Å²) in [6.07, 6.45) is 3.03. The molecule has 2 aromatic carbocycles. The average Bonchev–Trinajstić information content (AvgIpc) is 3.54. The summed E-state index contributed by atoms with van der Waals surface area (Å²) in [5.74, 6) is 0.696. The van der Waals surface area contributed by atoms with Crippen molar-refractivity contribution >= 4 is 11.8 Å². The molecule has 1 N–H and O–H groups in total. The second-order valence-electron chi connectivity index (χ2n) is 8.44. The van der Waals surface area contributed by atoms with Crippen molar-refractivity contribution in [3.05, 3.63) is 64.7 Å². The van der Waals surface area contributed by atoms with Crippen molar-refractivity contribution in [2.24, 2.45) is 0 Å². The lowest BCUT2D eigenvalue weighted by atomic mass is 9.87. The number of amides is 2. The predicted molar refractivity (Wildman–Crippen MR) is 116 cm³/mol. The summed E-state index contributed by atoms with van der Waals surface area (Å²) >= 11 is 0. The molecule has 0 spiro atoms. The van der Waals surface area contributed by atoms with Gasteiger partial charge in [-0.25, -0.2) is 0 Å². The van der Waals surface area contributed by atoms with Crippen molar-refractivity contribution in [1.29, 1.82) is 0 Å². The maximum atomic E-state index is 12.5. The van der Waals surface area contributed by atoms with Gasteiger partial charge in [0.1, 0.15) is 5.75 Å². The van der Waals surface area contributed by atoms with Gasteiger partial charge in [-0.3, -0.25) is 9.59 Å². The van der Waals surface area contributed by atoms with E-state index in [4.69, 9.17) is 4.74 Å². The molecule has 4 rings (SSSR count). The van der Waals surface area contributed by atoms with E-state index in [-0.39, 0.29) is 17.9 Å². The Morgan fingerprint density at radius 3 is 2.67 bits per heavy atom. The van der Waals surface area contributed by atoms with Crippen LogP contribution in [0.5, 0.6) is 5.75 Å². The van der Waals surface area contributed by atoms with Gasteiger partial charge in [-0.05, 0) is 61.4 Å². The van der Waals surface area contributed by atoms with Crippen LogP contribution in [0.15, 0.2) is 42.5 Å². The van der Waals surface area contributed by atoms with Crippen molar-refractivity contribution in [3.8, 4) is 5.75 Å². The molecule has 2 unspecified atom stereocenters. The van der Waals surface area contributed by atoms with E-state index in [9.17, 15) is 9.59 Å². The molecular weight excluding hydrogens is 376 g/mol. The first-order valence-electron chi connectivity index (χ1n) is 10.9. The molecule has 0 bridgehead atoms. The van der Waals surface area contributed by atoms with Crippen LogP contribution in [0.4, 0.5) is 0 Å². The number of carbonyl (C=O) groups excluding carboxylic acids is 2. The van der Waals surface area contributed by atoms with Crippen LogP contribution in [0, 0.1) is 6.92 Å². The van der Waals surface area contributed by atoms with Crippen molar-refractivity contribution < 1.29 is 14.3 Å². The van der Waals surface area contributed by atoms with E-state index >= 15 is 0 Å². The minimum absolute atomic E-state index is 0.0432. The van der Waals surface area contributed by atoms with Crippen LogP contribution in [0.1, 0.15) is 61.4 Å². The van der Waals surface area contributed by atoms with E-state index in [0.29, 0.717) is 24.8 Å². The highest BCUT2D eigenvalue weighted by molar-refractivity contribution is 5.81. The van der Waals surface area contributed by atoms with Crippen LogP contribution in [0.2, 0.25) is 0 Å². The number of nitrogens with one attached hydrogen (secondary N) is 1. The third-order valence-electron chi connectivity index (χ3n) is 5.97. The summed E-state index contributed by atoms with van der Waals surface area (Å²) in [5.41, 5.74) is 4.57. The van der Waals surface area contributed by atoms with Crippen LogP contribution in [-0.2, 0) is 16.0 Å². The van der Waals surface area contributed by atoms with E-state index in [1.54, 1.807) is 6.92 Å². The van der Waals surface area contributed by atoms with E-state index in [1.807, 2.05) is 30.0 Å². The monoisotopic (exact) mass is 406 g/mol. The first-order chi connectivity index (χ1) is 14.5. The molecule has 1 fully saturated rings. The average molecular weight is 407 g/mol. The Morgan fingerprint density at radius 2 is 2.00 bits per heavy atom. The fraction of sp³-hybridized carbons (Fsp3) is 0.440. The molecule has 1 aliphatic carbocycles. The lowest BCUT2D eigenvalue weighted by Gasteiger charge is -2.37. The van der Waals surface area contributed by atoms with Crippen molar-refractivity contribution in [2.45, 2.75) is 64.6 Å². The molecular formula is C25H30N2O3. The zero-order chi connectivity index (χ0) is 21.3. The third kappa shape index (κ3) is 4.35. The highest BCUT2D eigenvalue weighted by Crippen LogP contribution is 2.37. The van der Waals surface area contributed by atoms with Gasteiger partial charge < -0.3 is 15.0 Å². The van der Waals surface area contributed by atoms with Gasteiger partial charge in [-0.2, -0.15) is 0 Å². The molecule has 5 nitrogen and oxygen atoms in total. The Bertz CT molecular complexity index is 951. The van der Waals surface area contributed by atoms with Gasteiger partial charge in [-0.15, -0.1) is 0 Å². The molecule has 2 amide bonds. The maximum absolute atomic E-state index is 12.5. The number of carbonyl (C=O) groups is 2. The smallest absolute Gasteiger partial charge is 0.261 e. The topological polar surface area (TPSA) is 58.6 Å². The fourth-order valence-corrected chi connectivity index (χ4v) is 4.21. The number of aryl methyl sites for hydroxylation is 1. The normalized spacial score (nSPS) is 19.0. The molecule has 30 heavy (non-hydrogen) atoms. The van der Waals surface area contributed by atoms with Crippen LogP contribution in [-0.4, -0.2) is 35.4 Å². The number of fused-ring (bicyclic) bond motifs is 1. The molecule has 158 valence electrons. The fourth-order valence-electron chi connectivity index (χ4n) is 4.21. The molecule has 0 aromatic heterocycles. The van der Waals surface area contributed by atoms with E-state index in [2.05, 4.69) is 36.5 Å². The summed E-state index contributed by atoms with van der Waals surface area (Å²) < 4.78 is 6.11. The van der Waals surface area contributed by atoms with Gasteiger partial charge in [0.2, 0.25) is 5.91 Å². The van der Waals surface area contributed by atoms with Gasteiger partial charge in [0.05, 0.1) is 6.04 Å². The van der Waals surface area contributed by atoms with Crippen LogP contribution >= 0.6 is 0 Å². The second kappa shape index (κ2) is 8.50. The summed E-state index contributed by atoms with van der Waals surface area (Å²) in [4.78, 5) is 26.8. The first-order valence-corrected chi connectivity index (χ1v) is 10.9. The molecule has 2 atom stereocenters. The molecule has 2 aliphatic rings. The zero-order valence-corrected chi connectivity index (χ0v) is 18.0. The molecule has 1 heterocycles. The SMILES string of the molecule is CCC(Oc1ccc2c(c1)C(c1cccc(C)c1)N(C(C)=O)CC2)C(=O)NC1CC1. The number of hydrogen-bond acceptors (Lipinski definition) is 3. The molecule has 5 heteroatoms. The predicted octanol–water partition coefficient (Wildman–Crippen LogP) is 3.93. The quantitative estimate of drug-likeness (QED) is 0.791. The van der Waals surface area contributed by atoms with E-state index in [0.717, 1.165) is 30.4 Å². The largest absolute Gasteiger partial charge is 0.481 e. The summed E-state index contributed by atoms with van der Waals surface area (Å²) in [6.45, 7) is 6.35. The zero-order valence-electron chi connectivity index (χ0n) is 18.0. The summed E-state index contributed by atoms with van der Waals surface area (Å²) in [7, 11) is 0. The number of benzene rings is 2. The van der Waals surface area contributed by atoms with E-state index < -0.39 is 6.10 Å². The van der Waals surface area contributed by atoms with Gasteiger partial charge >= 0.3 is 0 Å². The van der Waals surface area contributed by atoms with Crippen molar-refractivity contribution in [3.63, 3.8) is 0 Å². The number of hydrogen-bond donors (Lipinski definition) is 1. The molecule has 0 radical (unpaired) electrons. The number of nitrogens with zero attached hydrogens (tertiary/aromatic N) is 1. The first kappa shape index (κ1) is 20.5. The van der Waals surface area contributed by atoms with Gasteiger partial charge in [-0.1, -0.05) is 42.8 Å². The van der Waals surface area contributed by atoms with Gasteiger partial charge in [0.15, 0.2) is 6.10 Å².